The zero-order chi connectivity index (χ0) is 13.0. The third kappa shape index (κ3) is 3.47. The van der Waals surface area contributed by atoms with Gasteiger partial charge in [-0.2, -0.15) is 0 Å². The van der Waals surface area contributed by atoms with Crippen molar-refractivity contribution in [1.29, 1.82) is 0 Å². The standard InChI is InChI=1S/C14H20N2O2/c15-13(9-10-5-7-12(17)8-6-10)14(18)16-11-3-1-2-4-11/h5-8,11,13,17H,1-4,9,15H2,(H,16,18). The molecule has 1 aromatic rings. The summed E-state index contributed by atoms with van der Waals surface area (Å²) in [5, 5.41) is 12.2. The van der Waals surface area contributed by atoms with Gasteiger partial charge in [0.05, 0.1) is 6.04 Å². The van der Waals surface area contributed by atoms with Gasteiger partial charge in [-0.05, 0) is 37.0 Å². The smallest absolute Gasteiger partial charge is 0.237 e. The quantitative estimate of drug-likeness (QED) is 0.752. The SMILES string of the molecule is NC(Cc1ccc(O)cc1)C(=O)NC1CCCC1. The second kappa shape index (κ2) is 5.87. The number of benzene rings is 1. The van der Waals surface area contributed by atoms with Gasteiger partial charge in [-0.15, -0.1) is 0 Å². The summed E-state index contributed by atoms with van der Waals surface area (Å²) in [6.07, 6.45) is 5.02. The molecule has 0 saturated heterocycles. The van der Waals surface area contributed by atoms with Gasteiger partial charge in [0.1, 0.15) is 5.75 Å². The van der Waals surface area contributed by atoms with Gasteiger partial charge in [0.15, 0.2) is 0 Å². The Labute approximate surface area is 107 Å². The molecule has 1 saturated carbocycles. The highest BCUT2D eigenvalue weighted by Gasteiger charge is 2.20. The number of nitrogens with two attached hydrogens (primary N) is 1. The number of carbonyl (C=O) groups excluding carboxylic acids is 1. The average molecular weight is 248 g/mol. The number of aromatic hydroxyl groups is 1. The van der Waals surface area contributed by atoms with Crippen molar-refractivity contribution in [3.8, 4) is 5.75 Å². The molecule has 2 rings (SSSR count). The third-order valence-corrected chi connectivity index (χ3v) is 3.43. The highest BCUT2D eigenvalue weighted by atomic mass is 16.3. The van der Waals surface area contributed by atoms with Gasteiger partial charge in [0.2, 0.25) is 5.91 Å². The monoisotopic (exact) mass is 248 g/mol. The predicted octanol–water partition coefficient (Wildman–Crippen LogP) is 1.32. The first-order chi connectivity index (χ1) is 8.65. The molecule has 18 heavy (non-hydrogen) atoms. The minimum Gasteiger partial charge on any atom is -0.508 e. The lowest BCUT2D eigenvalue weighted by molar-refractivity contribution is -0.123. The summed E-state index contributed by atoms with van der Waals surface area (Å²) in [5.41, 5.74) is 6.85. The summed E-state index contributed by atoms with van der Waals surface area (Å²) in [6, 6.07) is 6.59. The highest BCUT2D eigenvalue weighted by Crippen LogP contribution is 2.18. The molecule has 1 atom stereocenters. The number of hydrogen-bond acceptors (Lipinski definition) is 3. The number of nitrogens with one attached hydrogen (secondary N) is 1. The number of carbonyl (C=O) groups is 1. The number of rotatable bonds is 4. The van der Waals surface area contributed by atoms with Crippen LogP contribution in [0.3, 0.4) is 0 Å². The van der Waals surface area contributed by atoms with E-state index in [-0.39, 0.29) is 11.7 Å². The normalized spacial score (nSPS) is 17.6. The van der Waals surface area contributed by atoms with Crippen molar-refractivity contribution >= 4 is 5.91 Å². The van der Waals surface area contributed by atoms with Gasteiger partial charge in [-0.3, -0.25) is 4.79 Å². The first-order valence-electron chi connectivity index (χ1n) is 6.49. The number of phenolic OH excluding ortho intramolecular Hbond substituents is 1. The van der Waals surface area contributed by atoms with Crippen LogP contribution in [0.25, 0.3) is 0 Å². The molecule has 1 aliphatic rings. The zero-order valence-corrected chi connectivity index (χ0v) is 10.4. The Morgan fingerprint density at radius 2 is 1.94 bits per heavy atom. The molecule has 0 aromatic heterocycles. The van der Waals surface area contributed by atoms with Crippen LogP contribution < -0.4 is 11.1 Å². The number of hydrogen-bond donors (Lipinski definition) is 3. The van der Waals surface area contributed by atoms with E-state index in [9.17, 15) is 9.90 Å². The fourth-order valence-electron chi connectivity index (χ4n) is 2.36. The zero-order valence-electron chi connectivity index (χ0n) is 10.4. The van der Waals surface area contributed by atoms with Crippen LogP contribution in [-0.2, 0) is 11.2 Å². The van der Waals surface area contributed by atoms with E-state index in [1.54, 1.807) is 24.3 Å². The lowest BCUT2D eigenvalue weighted by atomic mass is 10.1. The molecule has 1 aliphatic carbocycles. The maximum absolute atomic E-state index is 11.9. The van der Waals surface area contributed by atoms with Crippen LogP contribution in [0.15, 0.2) is 24.3 Å². The summed E-state index contributed by atoms with van der Waals surface area (Å²) in [7, 11) is 0. The minimum absolute atomic E-state index is 0.0741. The van der Waals surface area contributed by atoms with Gasteiger partial charge in [0, 0.05) is 6.04 Å². The van der Waals surface area contributed by atoms with E-state index in [4.69, 9.17) is 5.73 Å². The van der Waals surface area contributed by atoms with Crippen LogP contribution in [0, 0.1) is 0 Å². The van der Waals surface area contributed by atoms with E-state index in [2.05, 4.69) is 5.32 Å². The largest absolute Gasteiger partial charge is 0.508 e. The van der Waals surface area contributed by atoms with E-state index in [0.29, 0.717) is 12.5 Å². The lowest BCUT2D eigenvalue weighted by Gasteiger charge is -2.16. The van der Waals surface area contributed by atoms with Crippen LogP contribution in [-0.4, -0.2) is 23.1 Å². The van der Waals surface area contributed by atoms with Crippen molar-refractivity contribution in [2.24, 2.45) is 5.73 Å². The summed E-state index contributed by atoms with van der Waals surface area (Å²) in [4.78, 5) is 11.9. The van der Waals surface area contributed by atoms with Crippen molar-refractivity contribution in [3.63, 3.8) is 0 Å². The molecule has 4 nitrogen and oxygen atoms in total. The van der Waals surface area contributed by atoms with E-state index >= 15 is 0 Å². The molecule has 4 heteroatoms. The summed E-state index contributed by atoms with van der Waals surface area (Å²) >= 11 is 0. The first-order valence-corrected chi connectivity index (χ1v) is 6.49. The van der Waals surface area contributed by atoms with Crippen molar-refractivity contribution in [2.75, 3.05) is 0 Å². The Morgan fingerprint density at radius 1 is 1.33 bits per heavy atom. The highest BCUT2D eigenvalue weighted by molar-refractivity contribution is 5.82. The van der Waals surface area contributed by atoms with Gasteiger partial charge in [0.25, 0.3) is 0 Å². The van der Waals surface area contributed by atoms with Crippen molar-refractivity contribution in [2.45, 2.75) is 44.2 Å². The van der Waals surface area contributed by atoms with E-state index < -0.39 is 6.04 Å². The average Bonchev–Trinajstić information content (AvgIpc) is 2.85. The van der Waals surface area contributed by atoms with Crippen molar-refractivity contribution in [1.82, 2.24) is 5.32 Å². The van der Waals surface area contributed by atoms with Crippen LogP contribution in [0.1, 0.15) is 31.2 Å². The van der Waals surface area contributed by atoms with Crippen molar-refractivity contribution < 1.29 is 9.90 Å². The Kier molecular flexibility index (Phi) is 4.20. The second-order valence-electron chi connectivity index (χ2n) is 4.97. The van der Waals surface area contributed by atoms with Gasteiger partial charge < -0.3 is 16.2 Å². The fraction of sp³-hybridized carbons (Fsp3) is 0.500. The van der Waals surface area contributed by atoms with Gasteiger partial charge in [-0.25, -0.2) is 0 Å². The maximum atomic E-state index is 11.9. The molecule has 0 bridgehead atoms. The van der Waals surface area contributed by atoms with Crippen LogP contribution >= 0.6 is 0 Å². The molecular weight excluding hydrogens is 228 g/mol. The van der Waals surface area contributed by atoms with Crippen molar-refractivity contribution in [3.05, 3.63) is 29.8 Å². The Balaban J connectivity index is 1.84. The van der Waals surface area contributed by atoms with Gasteiger partial charge >= 0.3 is 0 Å². The van der Waals surface area contributed by atoms with E-state index in [1.807, 2.05) is 0 Å². The van der Waals surface area contributed by atoms with Crippen LogP contribution in [0.5, 0.6) is 5.75 Å². The minimum atomic E-state index is -0.518. The molecule has 4 N–H and O–H groups in total. The Bertz CT molecular complexity index is 397. The maximum Gasteiger partial charge on any atom is 0.237 e. The van der Waals surface area contributed by atoms with Crippen LogP contribution in [0.2, 0.25) is 0 Å². The fourth-order valence-corrected chi connectivity index (χ4v) is 2.36. The molecule has 1 fully saturated rings. The summed E-state index contributed by atoms with van der Waals surface area (Å²) in [5.74, 6) is 0.151. The molecule has 0 spiro atoms. The summed E-state index contributed by atoms with van der Waals surface area (Å²) in [6.45, 7) is 0. The Hall–Kier alpha value is -1.55. The molecule has 1 aromatic carbocycles. The topological polar surface area (TPSA) is 75.3 Å². The molecule has 98 valence electrons. The van der Waals surface area contributed by atoms with E-state index in [1.165, 1.54) is 12.8 Å². The third-order valence-electron chi connectivity index (χ3n) is 3.43. The first kappa shape index (κ1) is 12.9. The van der Waals surface area contributed by atoms with Crippen LogP contribution in [0.4, 0.5) is 0 Å². The molecule has 1 unspecified atom stereocenters. The second-order valence-corrected chi connectivity index (χ2v) is 4.97. The molecule has 1 amide bonds. The Morgan fingerprint density at radius 3 is 2.56 bits per heavy atom. The number of amides is 1. The predicted molar refractivity (Wildman–Crippen MR) is 70.2 cm³/mol. The molecule has 0 heterocycles. The van der Waals surface area contributed by atoms with E-state index in [0.717, 1.165) is 18.4 Å². The number of phenols is 1. The summed E-state index contributed by atoms with van der Waals surface area (Å²) < 4.78 is 0. The molecule has 0 radical (unpaired) electrons. The molecular formula is C14H20N2O2. The van der Waals surface area contributed by atoms with Gasteiger partial charge in [-0.1, -0.05) is 25.0 Å². The molecule has 0 aliphatic heterocycles. The lowest BCUT2D eigenvalue weighted by Crippen LogP contribution is -2.45.